The maximum absolute atomic E-state index is 10.3. The molecule has 0 unspecified atom stereocenters. The molecule has 0 aliphatic heterocycles. The van der Waals surface area contributed by atoms with E-state index in [9.17, 15) is 4.79 Å². The van der Waals surface area contributed by atoms with Crippen molar-refractivity contribution in [3.05, 3.63) is 0 Å². The van der Waals surface area contributed by atoms with Gasteiger partial charge in [-0.15, -0.1) is 0 Å². The van der Waals surface area contributed by atoms with Gasteiger partial charge in [0.25, 0.3) is 0 Å². The van der Waals surface area contributed by atoms with Crippen LogP contribution < -0.4 is 0 Å². The predicted octanol–water partition coefficient (Wildman–Crippen LogP) is 1.55. The largest absolute Gasteiger partial charge is 0.300 e. The van der Waals surface area contributed by atoms with Gasteiger partial charge in [-0.1, -0.05) is 19.6 Å². The molecule has 0 heterocycles. The second-order valence-electron chi connectivity index (χ2n) is 1.35. The van der Waals surface area contributed by atoms with Gasteiger partial charge in [0, 0.05) is 18.6 Å². The maximum Gasteiger partial charge on any atom is 0.133 e. The summed E-state index contributed by atoms with van der Waals surface area (Å²) in [7, 11) is 0. The molecule has 0 aliphatic rings. The van der Waals surface area contributed by atoms with Crippen LogP contribution in [-0.2, 0) is 4.79 Å². The number of hydrogen-bond acceptors (Lipinski definition) is 1. The molecule has 0 bridgehead atoms. The van der Waals surface area contributed by atoms with Crippen molar-refractivity contribution in [2.24, 2.45) is 0 Å². The molecule has 0 aromatic rings. The van der Waals surface area contributed by atoms with Crippen molar-refractivity contribution in [3.63, 3.8) is 0 Å². The molecule has 1 radical (unpaired) electrons. The van der Waals surface area contributed by atoms with Gasteiger partial charge in [-0.05, 0) is 0 Å². The number of carbonyl (C=O) groups excluding carboxylic acids is 1. The zero-order valence-corrected chi connectivity index (χ0v) is 5.25. The van der Waals surface area contributed by atoms with Gasteiger partial charge >= 0.3 is 0 Å². The van der Waals surface area contributed by atoms with Gasteiger partial charge in [0.2, 0.25) is 0 Å². The van der Waals surface area contributed by atoms with Crippen molar-refractivity contribution in [2.45, 2.75) is 19.8 Å². The summed E-state index contributed by atoms with van der Waals surface area (Å²) >= 11 is 4.57. The van der Waals surface area contributed by atoms with Gasteiger partial charge in [0.1, 0.15) is 5.78 Å². The first-order chi connectivity index (χ1) is 3.31. The van der Waals surface area contributed by atoms with Crippen molar-refractivity contribution in [2.75, 3.05) is 5.75 Å². The number of rotatable bonds is 3. The fraction of sp³-hybridized carbons (Fsp3) is 0.800. The van der Waals surface area contributed by atoms with E-state index >= 15 is 0 Å². The van der Waals surface area contributed by atoms with E-state index in [4.69, 9.17) is 0 Å². The highest BCUT2D eigenvalue weighted by Gasteiger charge is 1.92. The standard InChI is InChI=1S/C5H9OS/c1-2-5(6)3-4-7/h2-4H2,1H3. The van der Waals surface area contributed by atoms with Crippen molar-refractivity contribution in [1.82, 2.24) is 0 Å². The second kappa shape index (κ2) is 4.19. The van der Waals surface area contributed by atoms with Crippen molar-refractivity contribution in [3.8, 4) is 0 Å². The summed E-state index contributed by atoms with van der Waals surface area (Å²) in [6, 6.07) is 0. The summed E-state index contributed by atoms with van der Waals surface area (Å²) in [4.78, 5) is 10.3. The van der Waals surface area contributed by atoms with Crippen LogP contribution in [0.2, 0.25) is 0 Å². The van der Waals surface area contributed by atoms with Crippen molar-refractivity contribution >= 4 is 18.4 Å². The van der Waals surface area contributed by atoms with Crippen molar-refractivity contribution < 1.29 is 4.79 Å². The molecular weight excluding hydrogens is 108 g/mol. The van der Waals surface area contributed by atoms with E-state index in [-0.39, 0.29) is 5.78 Å². The van der Waals surface area contributed by atoms with Gasteiger partial charge in [0.15, 0.2) is 0 Å². The van der Waals surface area contributed by atoms with E-state index in [0.29, 0.717) is 18.6 Å². The molecule has 0 aromatic heterocycles. The molecular formula is C5H9OS. The lowest BCUT2D eigenvalue weighted by Crippen LogP contribution is -1.93. The van der Waals surface area contributed by atoms with Crippen LogP contribution in [0.1, 0.15) is 19.8 Å². The number of ketones is 1. The number of Topliss-reactive ketones (excluding diaryl/α,β-unsaturated/α-hetero) is 1. The quantitative estimate of drug-likeness (QED) is 0.548. The van der Waals surface area contributed by atoms with E-state index in [1.54, 1.807) is 0 Å². The monoisotopic (exact) mass is 117 g/mol. The number of carbonyl (C=O) groups is 1. The Morgan fingerprint density at radius 1 is 1.71 bits per heavy atom. The minimum Gasteiger partial charge on any atom is -0.300 e. The summed E-state index contributed by atoms with van der Waals surface area (Å²) in [5.74, 6) is 0.849. The highest BCUT2D eigenvalue weighted by Crippen LogP contribution is 1.88. The van der Waals surface area contributed by atoms with Crippen LogP contribution in [0.5, 0.6) is 0 Å². The van der Waals surface area contributed by atoms with E-state index in [2.05, 4.69) is 12.6 Å². The van der Waals surface area contributed by atoms with E-state index in [1.807, 2.05) is 6.92 Å². The average Bonchev–Trinajstić information content (AvgIpc) is 1.68. The Morgan fingerprint density at radius 2 is 2.29 bits per heavy atom. The van der Waals surface area contributed by atoms with E-state index in [1.165, 1.54) is 0 Å². The predicted molar refractivity (Wildman–Crippen MR) is 32.4 cm³/mol. The molecule has 41 valence electrons. The van der Waals surface area contributed by atoms with Gasteiger partial charge in [-0.2, -0.15) is 0 Å². The lowest BCUT2D eigenvalue weighted by atomic mass is 10.2. The third kappa shape index (κ3) is 3.86. The minimum absolute atomic E-state index is 0.273. The Morgan fingerprint density at radius 3 is 2.43 bits per heavy atom. The third-order valence-electron chi connectivity index (χ3n) is 0.775. The molecule has 0 N–H and O–H groups in total. The summed E-state index contributed by atoms with van der Waals surface area (Å²) < 4.78 is 0. The molecule has 1 nitrogen and oxygen atoms in total. The zero-order chi connectivity index (χ0) is 5.70. The molecule has 2 heteroatoms. The Hall–Kier alpha value is 0.0200. The minimum atomic E-state index is 0.273. The van der Waals surface area contributed by atoms with Crippen LogP contribution in [0.25, 0.3) is 0 Å². The molecule has 0 atom stereocenters. The van der Waals surface area contributed by atoms with Crippen molar-refractivity contribution in [1.29, 1.82) is 0 Å². The SMILES string of the molecule is CCC(=O)CC[S]. The van der Waals surface area contributed by atoms with E-state index < -0.39 is 0 Å². The zero-order valence-electron chi connectivity index (χ0n) is 4.44. The molecule has 0 amide bonds. The summed E-state index contributed by atoms with van der Waals surface area (Å²) in [6.07, 6.45) is 1.21. The molecule has 0 saturated carbocycles. The molecule has 7 heavy (non-hydrogen) atoms. The normalized spacial score (nSPS) is 8.86. The lowest BCUT2D eigenvalue weighted by molar-refractivity contribution is -0.118. The first-order valence-electron chi connectivity index (χ1n) is 2.41. The van der Waals surface area contributed by atoms with Gasteiger partial charge in [-0.3, -0.25) is 4.79 Å². The Labute approximate surface area is 49.5 Å². The van der Waals surface area contributed by atoms with E-state index in [0.717, 1.165) is 0 Å². The number of hydrogen-bond donors (Lipinski definition) is 0. The van der Waals surface area contributed by atoms with Crippen LogP contribution >= 0.6 is 12.6 Å². The van der Waals surface area contributed by atoms with Crippen LogP contribution in [0, 0.1) is 0 Å². The lowest BCUT2D eigenvalue weighted by Gasteiger charge is -1.86. The molecule has 0 fully saturated rings. The first-order valence-corrected chi connectivity index (χ1v) is 2.98. The Balaban J connectivity index is 3.00. The van der Waals surface area contributed by atoms with Crippen LogP contribution in [0.15, 0.2) is 0 Å². The molecule has 0 rings (SSSR count). The Bertz CT molecular complexity index is 61.1. The molecule has 0 aromatic carbocycles. The average molecular weight is 117 g/mol. The first kappa shape index (κ1) is 7.02. The third-order valence-corrected chi connectivity index (χ3v) is 0.979. The molecule has 0 saturated heterocycles. The fourth-order valence-electron chi connectivity index (χ4n) is 0.291. The fourth-order valence-corrected chi connectivity index (χ4v) is 0.518. The van der Waals surface area contributed by atoms with Crippen LogP contribution in [-0.4, -0.2) is 11.5 Å². The topological polar surface area (TPSA) is 17.1 Å². The Kier molecular flexibility index (Phi) is 4.20. The summed E-state index contributed by atoms with van der Waals surface area (Å²) in [5, 5.41) is 0. The summed E-state index contributed by atoms with van der Waals surface area (Å²) in [6.45, 7) is 1.85. The van der Waals surface area contributed by atoms with Gasteiger partial charge < -0.3 is 0 Å². The smallest absolute Gasteiger partial charge is 0.133 e. The highest BCUT2D eigenvalue weighted by molar-refractivity contribution is 7.80. The molecule has 0 aliphatic carbocycles. The summed E-state index contributed by atoms with van der Waals surface area (Å²) in [5.41, 5.74) is 0. The van der Waals surface area contributed by atoms with Crippen LogP contribution in [0.3, 0.4) is 0 Å². The van der Waals surface area contributed by atoms with Gasteiger partial charge in [-0.25, -0.2) is 0 Å². The maximum atomic E-state index is 10.3. The van der Waals surface area contributed by atoms with Gasteiger partial charge in [0.05, 0.1) is 0 Å². The molecule has 0 spiro atoms. The second-order valence-corrected chi connectivity index (χ2v) is 1.75. The highest BCUT2D eigenvalue weighted by atomic mass is 32.1. The van der Waals surface area contributed by atoms with Crippen LogP contribution in [0.4, 0.5) is 0 Å².